The average molecular weight is 385 g/mol. The van der Waals surface area contributed by atoms with Crippen LogP contribution in [-0.2, 0) is 13.1 Å². The third kappa shape index (κ3) is 3.30. The first-order valence-electron chi connectivity index (χ1n) is 8.56. The fraction of sp³-hybridized carbons (Fsp3) is 0.190. The summed E-state index contributed by atoms with van der Waals surface area (Å²) in [7, 11) is 0. The van der Waals surface area contributed by atoms with Crippen LogP contribution in [0.1, 0.15) is 22.9 Å². The second-order valence-electron chi connectivity index (χ2n) is 6.46. The molecule has 132 valence electrons. The van der Waals surface area contributed by atoms with Crippen molar-refractivity contribution in [2.75, 3.05) is 6.54 Å². The molecule has 0 spiro atoms. The molecule has 0 fully saturated rings. The summed E-state index contributed by atoms with van der Waals surface area (Å²) in [6.07, 6.45) is 1.88. The molecule has 1 aromatic heterocycles. The van der Waals surface area contributed by atoms with E-state index in [0.29, 0.717) is 16.6 Å². The van der Waals surface area contributed by atoms with Gasteiger partial charge in [-0.15, -0.1) is 0 Å². The van der Waals surface area contributed by atoms with Gasteiger partial charge >= 0.3 is 0 Å². The van der Waals surface area contributed by atoms with Gasteiger partial charge in [0.1, 0.15) is 0 Å². The van der Waals surface area contributed by atoms with E-state index >= 15 is 0 Å². The highest BCUT2D eigenvalue weighted by atomic mass is 35.5. The minimum absolute atomic E-state index is 0.0220. The zero-order chi connectivity index (χ0) is 18.1. The Morgan fingerprint density at radius 3 is 2.38 bits per heavy atom. The zero-order valence-electron chi connectivity index (χ0n) is 14.1. The van der Waals surface area contributed by atoms with Gasteiger partial charge in [-0.05, 0) is 17.7 Å². The predicted octanol–water partition coefficient (Wildman–Crippen LogP) is 4.76. The van der Waals surface area contributed by atoms with E-state index in [9.17, 15) is 4.79 Å². The largest absolute Gasteiger partial charge is 0.348 e. The van der Waals surface area contributed by atoms with E-state index in [-0.39, 0.29) is 11.5 Å². The van der Waals surface area contributed by atoms with Gasteiger partial charge in [0.2, 0.25) is 0 Å². The summed E-state index contributed by atoms with van der Waals surface area (Å²) >= 11 is 12.8. The van der Waals surface area contributed by atoms with Crippen molar-refractivity contribution in [3.63, 3.8) is 0 Å². The second-order valence-corrected chi connectivity index (χ2v) is 7.28. The van der Waals surface area contributed by atoms with Gasteiger partial charge in [-0.2, -0.15) is 0 Å². The van der Waals surface area contributed by atoms with Crippen molar-refractivity contribution < 1.29 is 0 Å². The first-order chi connectivity index (χ1) is 12.6. The SMILES string of the molecule is O=c1ccn2c(c1)C(c1ccccc1)N(Cc1c(Cl)cccc1Cl)CC2. The molecule has 1 unspecified atom stereocenters. The van der Waals surface area contributed by atoms with Crippen LogP contribution in [0.4, 0.5) is 0 Å². The minimum atomic E-state index is -0.0220. The number of rotatable bonds is 3. The first-order valence-corrected chi connectivity index (χ1v) is 9.31. The molecule has 5 heteroatoms. The van der Waals surface area contributed by atoms with Crippen molar-refractivity contribution in [2.45, 2.75) is 19.1 Å². The molecule has 3 nitrogen and oxygen atoms in total. The van der Waals surface area contributed by atoms with Crippen molar-refractivity contribution in [2.24, 2.45) is 0 Å². The Bertz CT molecular complexity index is 965. The van der Waals surface area contributed by atoms with Crippen molar-refractivity contribution in [3.05, 3.63) is 104 Å². The lowest BCUT2D eigenvalue weighted by atomic mass is 9.98. The predicted molar refractivity (Wildman–Crippen MR) is 106 cm³/mol. The number of pyridine rings is 1. The molecule has 2 aromatic carbocycles. The molecule has 0 saturated heterocycles. The summed E-state index contributed by atoms with van der Waals surface area (Å²) in [4.78, 5) is 14.3. The fourth-order valence-electron chi connectivity index (χ4n) is 3.59. The van der Waals surface area contributed by atoms with E-state index in [0.717, 1.165) is 29.9 Å². The maximum atomic E-state index is 12.0. The highest BCUT2D eigenvalue weighted by Crippen LogP contribution is 2.35. The summed E-state index contributed by atoms with van der Waals surface area (Å²) in [5, 5.41) is 1.33. The molecule has 1 atom stereocenters. The van der Waals surface area contributed by atoms with Crippen molar-refractivity contribution in [1.82, 2.24) is 9.47 Å². The van der Waals surface area contributed by atoms with Crippen LogP contribution >= 0.6 is 23.2 Å². The Kier molecular flexibility index (Phi) is 4.86. The molecule has 26 heavy (non-hydrogen) atoms. The molecule has 0 N–H and O–H groups in total. The summed E-state index contributed by atoms with van der Waals surface area (Å²) in [6, 6.07) is 19.2. The molecule has 2 heterocycles. The summed E-state index contributed by atoms with van der Waals surface area (Å²) in [6.45, 7) is 2.29. The van der Waals surface area contributed by atoms with Gasteiger partial charge in [-0.1, -0.05) is 59.6 Å². The number of hydrogen-bond donors (Lipinski definition) is 0. The van der Waals surface area contributed by atoms with Crippen LogP contribution in [0.15, 0.2) is 71.7 Å². The molecular formula is C21H18Cl2N2O. The number of nitrogens with zero attached hydrogens (tertiary/aromatic N) is 2. The van der Waals surface area contributed by atoms with Gasteiger partial charge in [0.05, 0.1) is 6.04 Å². The second kappa shape index (κ2) is 7.28. The molecular weight excluding hydrogens is 367 g/mol. The van der Waals surface area contributed by atoms with Gasteiger partial charge in [-0.25, -0.2) is 0 Å². The van der Waals surface area contributed by atoms with Gasteiger partial charge in [0.15, 0.2) is 5.43 Å². The summed E-state index contributed by atoms with van der Waals surface area (Å²) in [5.74, 6) is 0. The monoisotopic (exact) mass is 384 g/mol. The first kappa shape index (κ1) is 17.3. The van der Waals surface area contributed by atoms with Crippen LogP contribution in [-0.4, -0.2) is 16.0 Å². The topological polar surface area (TPSA) is 25.2 Å². The quantitative estimate of drug-likeness (QED) is 0.650. The third-order valence-electron chi connectivity index (χ3n) is 4.85. The Morgan fingerprint density at radius 2 is 1.65 bits per heavy atom. The van der Waals surface area contributed by atoms with Crippen LogP contribution in [0.25, 0.3) is 0 Å². The lowest BCUT2D eigenvalue weighted by Gasteiger charge is -2.38. The van der Waals surface area contributed by atoms with E-state index in [1.54, 1.807) is 12.1 Å². The summed E-state index contributed by atoms with van der Waals surface area (Å²) < 4.78 is 2.16. The maximum Gasteiger partial charge on any atom is 0.181 e. The highest BCUT2D eigenvalue weighted by Gasteiger charge is 2.29. The molecule has 3 aromatic rings. The molecule has 0 amide bonds. The molecule has 4 rings (SSSR count). The van der Waals surface area contributed by atoms with Gasteiger partial charge in [0.25, 0.3) is 0 Å². The standard InChI is InChI=1S/C21H18Cl2N2O/c22-18-7-4-8-19(23)17(18)14-25-12-11-24-10-9-16(26)13-20(24)21(25)15-5-2-1-3-6-15/h1-10,13,21H,11-12,14H2. The normalized spacial score (nSPS) is 17.1. The third-order valence-corrected chi connectivity index (χ3v) is 5.56. The smallest absolute Gasteiger partial charge is 0.181 e. The van der Waals surface area contributed by atoms with Crippen molar-refractivity contribution in [3.8, 4) is 0 Å². The van der Waals surface area contributed by atoms with Gasteiger partial charge in [0, 0.05) is 59.3 Å². The van der Waals surface area contributed by atoms with E-state index in [1.807, 2.05) is 42.6 Å². The summed E-state index contributed by atoms with van der Waals surface area (Å²) in [5.41, 5.74) is 3.09. The Morgan fingerprint density at radius 1 is 0.923 bits per heavy atom. The molecule has 0 radical (unpaired) electrons. The van der Waals surface area contributed by atoms with Gasteiger partial charge in [-0.3, -0.25) is 9.69 Å². The van der Waals surface area contributed by atoms with Crippen LogP contribution in [0, 0.1) is 0 Å². The van der Waals surface area contributed by atoms with Crippen LogP contribution in [0.2, 0.25) is 10.0 Å². The zero-order valence-corrected chi connectivity index (χ0v) is 15.6. The van der Waals surface area contributed by atoms with E-state index in [2.05, 4.69) is 21.6 Å². The molecule has 0 aliphatic carbocycles. The van der Waals surface area contributed by atoms with Gasteiger partial charge < -0.3 is 4.57 Å². The number of hydrogen-bond acceptors (Lipinski definition) is 2. The lowest BCUT2D eigenvalue weighted by Crippen LogP contribution is -2.39. The van der Waals surface area contributed by atoms with Crippen LogP contribution in [0.5, 0.6) is 0 Å². The Balaban J connectivity index is 1.80. The molecule has 1 aliphatic rings. The Labute approximate surface area is 162 Å². The maximum absolute atomic E-state index is 12.0. The van der Waals surface area contributed by atoms with E-state index < -0.39 is 0 Å². The lowest BCUT2D eigenvalue weighted by molar-refractivity contribution is 0.173. The minimum Gasteiger partial charge on any atom is -0.348 e. The molecule has 1 aliphatic heterocycles. The van der Waals surface area contributed by atoms with E-state index in [1.165, 1.54) is 0 Å². The van der Waals surface area contributed by atoms with E-state index in [4.69, 9.17) is 23.2 Å². The highest BCUT2D eigenvalue weighted by molar-refractivity contribution is 6.35. The Hall–Kier alpha value is -2.07. The fourth-order valence-corrected chi connectivity index (χ4v) is 4.11. The van der Waals surface area contributed by atoms with Crippen LogP contribution in [0.3, 0.4) is 0 Å². The number of halogens is 2. The van der Waals surface area contributed by atoms with Crippen LogP contribution < -0.4 is 5.43 Å². The average Bonchev–Trinajstić information content (AvgIpc) is 2.65. The molecule has 0 saturated carbocycles. The van der Waals surface area contributed by atoms with Crippen molar-refractivity contribution >= 4 is 23.2 Å². The number of benzene rings is 2. The number of fused-ring (bicyclic) bond motifs is 1. The number of aromatic nitrogens is 1. The molecule has 0 bridgehead atoms. The van der Waals surface area contributed by atoms with Crippen molar-refractivity contribution in [1.29, 1.82) is 0 Å².